The second-order valence-corrected chi connectivity index (χ2v) is 8.28. The summed E-state index contributed by atoms with van der Waals surface area (Å²) >= 11 is 0. The maximum atomic E-state index is 13.8. The van der Waals surface area contributed by atoms with Gasteiger partial charge in [0.05, 0.1) is 19.3 Å². The first-order valence-electron chi connectivity index (χ1n) is 10.6. The van der Waals surface area contributed by atoms with Crippen LogP contribution in [-0.4, -0.2) is 46.9 Å². The lowest BCUT2D eigenvalue weighted by Crippen LogP contribution is -2.66. The molecule has 1 saturated carbocycles. The van der Waals surface area contributed by atoms with Crippen LogP contribution in [0.25, 0.3) is 0 Å². The molecule has 4 atom stereocenters. The number of carbonyl (C=O) groups excluding carboxylic acids is 2. The summed E-state index contributed by atoms with van der Waals surface area (Å²) in [5.74, 6) is -3.68. The summed E-state index contributed by atoms with van der Waals surface area (Å²) in [7, 11) is 0. The van der Waals surface area contributed by atoms with Crippen molar-refractivity contribution in [1.82, 2.24) is 4.90 Å². The number of esters is 1. The first-order valence-corrected chi connectivity index (χ1v) is 10.6. The number of aliphatic hydroxyl groups is 1. The summed E-state index contributed by atoms with van der Waals surface area (Å²) in [6, 6.07) is 9.50. The minimum atomic E-state index is -2.06. The van der Waals surface area contributed by atoms with Gasteiger partial charge in [0.1, 0.15) is 0 Å². The number of likely N-dealkylation sites (tertiary alicyclic amines) is 1. The van der Waals surface area contributed by atoms with E-state index in [2.05, 4.69) is 0 Å². The summed E-state index contributed by atoms with van der Waals surface area (Å²) in [5, 5.41) is 11.5. The number of ether oxygens (including phenoxy) is 1. The second-order valence-electron chi connectivity index (χ2n) is 8.28. The Morgan fingerprint density at radius 2 is 1.93 bits per heavy atom. The molecule has 2 aliphatic heterocycles. The van der Waals surface area contributed by atoms with E-state index in [-0.39, 0.29) is 19.7 Å². The van der Waals surface area contributed by atoms with Crippen LogP contribution in [0.1, 0.15) is 51.0 Å². The Morgan fingerprint density at radius 1 is 1.21 bits per heavy atom. The van der Waals surface area contributed by atoms with Gasteiger partial charge in [-0.1, -0.05) is 56.0 Å². The molecule has 2 unspecified atom stereocenters. The van der Waals surface area contributed by atoms with Gasteiger partial charge in [-0.25, -0.2) is 4.89 Å². The van der Waals surface area contributed by atoms with Gasteiger partial charge in [0, 0.05) is 12.5 Å². The van der Waals surface area contributed by atoms with Crippen molar-refractivity contribution in [1.29, 1.82) is 0 Å². The third-order valence-corrected chi connectivity index (χ3v) is 6.53. The highest BCUT2D eigenvalue weighted by molar-refractivity contribution is 6.06. The molecule has 7 heteroatoms. The molecule has 158 valence electrons. The lowest BCUT2D eigenvalue weighted by molar-refractivity contribution is -0.490. The minimum Gasteiger partial charge on any atom is -0.465 e. The third kappa shape index (κ3) is 3.25. The topological polar surface area (TPSA) is 85.3 Å². The van der Waals surface area contributed by atoms with Crippen LogP contribution in [-0.2, 0) is 30.6 Å². The summed E-state index contributed by atoms with van der Waals surface area (Å²) in [6.07, 6.45) is 4.80. The van der Waals surface area contributed by atoms with Gasteiger partial charge in [0.2, 0.25) is 17.1 Å². The molecule has 29 heavy (non-hydrogen) atoms. The molecule has 1 aromatic carbocycles. The first kappa shape index (κ1) is 20.3. The van der Waals surface area contributed by atoms with Crippen molar-refractivity contribution in [2.45, 2.75) is 63.9 Å². The number of hydrogen-bond donors (Lipinski definition) is 1. The van der Waals surface area contributed by atoms with E-state index in [1.54, 1.807) is 6.92 Å². The minimum absolute atomic E-state index is 0.126. The molecular weight excluding hydrogens is 374 g/mol. The predicted octanol–water partition coefficient (Wildman–Crippen LogP) is 2.57. The smallest absolute Gasteiger partial charge is 0.327 e. The molecule has 7 nitrogen and oxygen atoms in total. The monoisotopic (exact) mass is 403 g/mol. The fraction of sp³-hybridized carbons (Fsp3) is 0.636. The van der Waals surface area contributed by atoms with Crippen molar-refractivity contribution in [2.75, 3.05) is 13.2 Å². The number of benzene rings is 1. The molecule has 1 N–H and O–H groups in total. The normalized spacial score (nSPS) is 34.7. The van der Waals surface area contributed by atoms with Gasteiger partial charge >= 0.3 is 5.97 Å². The molecule has 2 saturated heterocycles. The van der Waals surface area contributed by atoms with E-state index in [1.165, 1.54) is 4.90 Å². The van der Waals surface area contributed by atoms with E-state index in [4.69, 9.17) is 14.5 Å². The van der Waals surface area contributed by atoms with Crippen LogP contribution in [0, 0.1) is 11.3 Å². The van der Waals surface area contributed by atoms with Crippen molar-refractivity contribution >= 4 is 11.9 Å². The fourth-order valence-electron chi connectivity index (χ4n) is 5.19. The predicted molar refractivity (Wildman–Crippen MR) is 103 cm³/mol. The lowest BCUT2D eigenvalue weighted by atomic mass is 9.64. The van der Waals surface area contributed by atoms with Crippen molar-refractivity contribution in [2.24, 2.45) is 11.3 Å². The van der Waals surface area contributed by atoms with E-state index < -0.39 is 35.1 Å². The van der Waals surface area contributed by atoms with Crippen LogP contribution >= 0.6 is 0 Å². The molecular formula is C22H29NO6. The van der Waals surface area contributed by atoms with Gasteiger partial charge in [-0.05, 0) is 25.3 Å². The molecule has 3 fully saturated rings. The Labute approximate surface area is 170 Å². The Hall–Kier alpha value is -1.96. The molecule has 3 aliphatic rings. The SMILES string of the molecule is CCOC(=O)[C@@]12C(=O)N(Cc3ccccc3)C[C@]1(O)OOC1CCCCCCC12. The molecule has 0 aromatic heterocycles. The Balaban J connectivity index is 1.75. The highest BCUT2D eigenvalue weighted by atomic mass is 17.2. The van der Waals surface area contributed by atoms with E-state index >= 15 is 0 Å². The van der Waals surface area contributed by atoms with Gasteiger partial charge in [0.25, 0.3) is 0 Å². The van der Waals surface area contributed by atoms with Crippen molar-refractivity contribution in [3.63, 3.8) is 0 Å². The van der Waals surface area contributed by atoms with Gasteiger partial charge < -0.3 is 14.7 Å². The molecule has 0 bridgehead atoms. The van der Waals surface area contributed by atoms with Crippen LogP contribution in [0.15, 0.2) is 30.3 Å². The molecule has 1 aromatic rings. The summed E-state index contributed by atoms with van der Waals surface area (Å²) in [4.78, 5) is 39.6. The quantitative estimate of drug-likeness (QED) is 0.473. The molecule has 0 spiro atoms. The fourth-order valence-corrected chi connectivity index (χ4v) is 5.19. The van der Waals surface area contributed by atoms with E-state index in [1.807, 2.05) is 30.3 Å². The summed E-state index contributed by atoms with van der Waals surface area (Å²) in [5.41, 5.74) is -0.879. The standard InChI is InChI=1S/C22H29NO6/c1-2-27-20(25)22-17-12-8-3-4-9-13-18(17)28-29-21(22,26)15-23(19(22)24)14-16-10-6-5-7-11-16/h5-7,10-11,17-18,26H,2-4,8-9,12-15H2,1H3/t17?,18?,21-,22+/m0/s1. The van der Waals surface area contributed by atoms with Crippen LogP contribution in [0.4, 0.5) is 0 Å². The summed E-state index contributed by atoms with van der Waals surface area (Å²) < 4.78 is 5.36. The number of amides is 1. The number of hydrogen-bond acceptors (Lipinski definition) is 6. The van der Waals surface area contributed by atoms with Crippen LogP contribution < -0.4 is 0 Å². The van der Waals surface area contributed by atoms with Gasteiger partial charge in [-0.3, -0.25) is 9.59 Å². The highest BCUT2D eigenvalue weighted by Crippen LogP contribution is 2.55. The molecule has 1 aliphatic carbocycles. The maximum absolute atomic E-state index is 13.8. The lowest BCUT2D eigenvalue weighted by Gasteiger charge is -2.48. The maximum Gasteiger partial charge on any atom is 0.327 e. The van der Waals surface area contributed by atoms with E-state index in [0.717, 1.165) is 31.2 Å². The van der Waals surface area contributed by atoms with E-state index in [9.17, 15) is 14.7 Å². The average molecular weight is 403 g/mol. The third-order valence-electron chi connectivity index (χ3n) is 6.53. The van der Waals surface area contributed by atoms with Gasteiger partial charge in [0.15, 0.2) is 0 Å². The average Bonchev–Trinajstić information content (AvgIpc) is 2.91. The number of β-amino-alcohol motifs (C(OH)–C–C–N with tert-alkyl or cyclic N) is 1. The zero-order valence-electron chi connectivity index (χ0n) is 16.8. The molecule has 1 amide bonds. The van der Waals surface area contributed by atoms with Gasteiger partial charge in [-0.15, -0.1) is 0 Å². The van der Waals surface area contributed by atoms with Crippen molar-refractivity contribution < 1.29 is 29.2 Å². The number of rotatable bonds is 4. The highest BCUT2D eigenvalue weighted by Gasteiger charge is 2.77. The summed E-state index contributed by atoms with van der Waals surface area (Å²) in [6.45, 7) is 1.97. The zero-order valence-corrected chi connectivity index (χ0v) is 16.8. The van der Waals surface area contributed by atoms with Crippen molar-refractivity contribution in [3.8, 4) is 0 Å². The van der Waals surface area contributed by atoms with Crippen LogP contribution in [0.2, 0.25) is 0 Å². The Morgan fingerprint density at radius 3 is 2.66 bits per heavy atom. The Kier molecular flexibility index (Phi) is 5.64. The number of fused-ring (bicyclic) bond motifs is 3. The van der Waals surface area contributed by atoms with E-state index in [0.29, 0.717) is 12.8 Å². The largest absolute Gasteiger partial charge is 0.465 e. The van der Waals surface area contributed by atoms with Crippen molar-refractivity contribution in [3.05, 3.63) is 35.9 Å². The number of carbonyl (C=O) groups is 2. The first-order chi connectivity index (χ1) is 14.0. The molecule has 4 rings (SSSR count). The number of nitrogens with zero attached hydrogens (tertiary/aromatic N) is 1. The second kappa shape index (κ2) is 8.05. The molecule has 0 radical (unpaired) electrons. The zero-order chi connectivity index (χ0) is 20.5. The van der Waals surface area contributed by atoms with Crippen LogP contribution in [0.5, 0.6) is 0 Å². The van der Waals surface area contributed by atoms with Crippen LogP contribution in [0.3, 0.4) is 0 Å². The Bertz CT molecular complexity index is 755. The van der Waals surface area contributed by atoms with Gasteiger partial charge in [-0.2, -0.15) is 4.89 Å². The molecule has 2 heterocycles.